The minimum absolute atomic E-state index is 0.0640. The van der Waals surface area contributed by atoms with Crippen molar-refractivity contribution in [3.8, 4) is 0 Å². The lowest BCUT2D eigenvalue weighted by molar-refractivity contribution is -0.119. The van der Waals surface area contributed by atoms with E-state index in [0.29, 0.717) is 6.41 Å². The maximum Gasteiger partial charge on any atom is 0.209 e. The van der Waals surface area contributed by atoms with E-state index in [4.69, 9.17) is 10.2 Å². The molecular formula is C6H13NO3. The molecule has 1 amide bonds. The zero-order valence-corrected chi connectivity index (χ0v) is 6.03. The fourth-order valence-electron chi connectivity index (χ4n) is 0.655. The van der Waals surface area contributed by atoms with Gasteiger partial charge in [-0.15, -0.1) is 0 Å². The Morgan fingerprint density at radius 3 is 2.60 bits per heavy atom. The smallest absolute Gasteiger partial charge is 0.209 e. The summed E-state index contributed by atoms with van der Waals surface area (Å²) in [6, 6.07) is 0. The molecule has 0 radical (unpaired) electrons. The summed E-state index contributed by atoms with van der Waals surface area (Å²) in [4.78, 5) is 11.5. The van der Waals surface area contributed by atoms with Gasteiger partial charge in [0.25, 0.3) is 0 Å². The number of rotatable bonds is 5. The van der Waals surface area contributed by atoms with E-state index in [2.05, 4.69) is 0 Å². The minimum Gasteiger partial charge on any atom is -0.395 e. The molecule has 0 aliphatic carbocycles. The second-order valence-electron chi connectivity index (χ2n) is 2.17. The molecule has 0 heterocycles. The molecule has 2 N–H and O–H groups in total. The van der Waals surface area contributed by atoms with E-state index in [1.54, 1.807) is 6.92 Å². The molecule has 4 heteroatoms. The fourth-order valence-corrected chi connectivity index (χ4v) is 0.655. The lowest BCUT2D eigenvalue weighted by atomic mass is 10.4. The zero-order valence-electron chi connectivity index (χ0n) is 6.03. The van der Waals surface area contributed by atoms with Gasteiger partial charge in [-0.05, 0) is 6.92 Å². The van der Waals surface area contributed by atoms with E-state index in [0.717, 1.165) is 0 Å². The lowest BCUT2D eigenvalue weighted by Crippen LogP contribution is -2.32. The summed E-state index contributed by atoms with van der Waals surface area (Å²) in [5.74, 6) is 0. The molecule has 0 aromatic rings. The number of aliphatic hydroxyl groups is 2. The number of hydrogen-bond donors (Lipinski definition) is 2. The van der Waals surface area contributed by atoms with Crippen LogP contribution in [0.1, 0.15) is 6.92 Å². The highest BCUT2D eigenvalue weighted by Gasteiger charge is 2.02. The predicted octanol–water partition coefficient (Wildman–Crippen LogP) is -1.18. The first-order valence-electron chi connectivity index (χ1n) is 3.19. The Morgan fingerprint density at radius 1 is 1.70 bits per heavy atom. The van der Waals surface area contributed by atoms with E-state index in [1.165, 1.54) is 4.90 Å². The Kier molecular flexibility index (Phi) is 4.88. The highest BCUT2D eigenvalue weighted by Crippen LogP contribution is 1.86. The van der Waals surface area contributed by atoms with E-state index >= 15 is 0 Å². The van der Waals surface area contributed by atoms with Crippen molar-refractivity contribution in [3.63, 3.8) is 0 Å². The molecule has 0 aliphatic heterocycles. The average molecular weight is 147 g/mol. The van der Waals surface area contributed by atoms with Crippen molar-refractivity contribution in [1.29, 1.82) is 0 Å². The molecule has 60 valence electrons. The second-order valence-corrected chi connectivity index (χ2v) is 2.17. The topological polar surface area (TPSA) is 60.8 Å². The Balaban J connectivity index is 3.49. The van der Waals surface area contributed by atoms with Crippen LogP contribution in [0.25, 0.3) is 0 Å². The number of hydrogen-bond acceptors (Lipinski definition) is 3. The van der Waals surface area contributed by atoms with Crippen LogP contribution >= 0.6 is 0 Å². The van der Waals surface area contributed by atoms with Crippen LogP contribution in [0.3, 0.4) is 0 Å². The highest BCUT2D eigenvalue weighted by atomic mass is 16.3. The predicted molar refractivity (Wildman–Crippen MR) is 36.4 cm³/mol. The minimum atomic E-state index is -0.531. The van der Waals surface area contributed by atoms with Crippen molar-refractivity contribution in [2.45, 2.75) is 13.0 Å². The SMILES string of the molecule is CC(O)CN(C=O)CCO. The fraction of sp³-hybridized carbons (Fsp3) is 0.833. The maximum atomic E-state index is 10.1. The number of aliphatic hydroxyl groups excluding tert-OH is 2. The third-order valence-electron chi connectivity index (χ3n) is 1.04. The molecule has 0 saturated heterocycles. The van der Waals surface area contributed by atoms with Crippen molar-refractivity contribution in [2.24, 2.45) is 0 Å². The van der Waals surface area contributed by atoms with Crippen molar-refractivity contribution >= 4 is 6.41 Å². The maximum absolute atomic E-state index is 10.1. The Hall–Kier alpha value is -0.610. The van der Waals surface area contributed by atoms with E-state index in [1.807, 2.05) is 0 Å². The van der Waals surface area contributed by atoms with Crippen molar-refractivity contribution in [2.75, 3.05) is 19.7 Å². The van der Waals surface area contributed by atoms with Crippen LogP contribution in [0, 0.1) is 0 Å². The number of amides is 1. The number of nitrogens with zero attached hydrogens (tertiary/aromatic N) is 1. The van der Waals surface area contributed by atoms with E-state index in [-0.39, 0.29) is 19.7 Å². The molecule has 10 heavy (non-hydrogen) atoms. The molecule has 0 aromatic carbocycles. The van der Waals surface area contributed by atoms with Crippen LogP contribution in [0.15, 0.2) is 0 Å². The van der Waals surface area contributed by atoms with Gasteiger partial charge in [0.05, 0.1) is 12.7 Å². The van der Waals surface area contributed by atoms with Gasteiger partial charge in [-0.25, -0.2) is 0 Å². The van der Waals surface area contributed by atoms with Gasteiger partial charge in [-0.2, -0.15) is 0 Å². The van der Waals surface area contributed by atoms with Crippen LogP contribution in [0.2, 0.25) is 0 Å². The monoisotopic (exact) mass is 147 g/mol. The first kappa shape index (κ1) is 9.39. The molecule has 0 saturated carbocycles. The summed E-state index contributed by atoms with van der Waals surface area (Å²) in [6.45, 7) is 2.10. The van der Waals surface area contributed by atoms with Gasteiger partial charge >= 0.3 is 0 Å². The van der Waals surface area contributed by atoms with Crippen LogP contribution < -0.4 is 0 Å². The van der Waals surface area contributed by atoms with Crippen molar-refractivity contribution in [1.82, 2.24) is 4.90 Å². The van der Waals surface area contributed by atoms with Crippen LogP contribution in [0.5, 0.6) is 0 Å². The van der Waals surface area contributed by atoms with Gasteiger partial charge in [0.15, 0.2) is 0 Å². The molecule has 1 atom stereocenters. The summed E-state index contributed by atoms with van der Waals surface area (Å²) < 4.78 is 0. The largest absolute Gasteiger partial charge is 0.395 e. The van der Waals surface area contributed by atoms with Crippen LogP contribution in [-0.2, 0) is 4.79 Å². The summed E-state index contributed by atoms with van der Waals surface area (Å²) in [6.07, 6.45) is 0.0832. The standard InChI is InChI=1S/C6H13NO3/c1-6(10)4-7(5-9)2-3-8/h5-6,8,10H,2-4H2,1H3. The normalized spacial score (nSPS) is 12.7. The van der Waals surface area contributed by atoms with Gasteiger partial charge in [-0.3, -0.25) is 4.79 Å². The molecule has 0 bridgehead atoms. The first-order valence-corrected chi connectivity index (χ1v) is 3.19. The molecule has 0 aromatic heterocycles. The van der Waals surface area contributed by atoms with Crippen LogP contribution in [0.4, 0.5) is 0 Å². The first-order chi connectivity index (χ1) is 4.70. The molecule has 4 nitrogen and oxygen atoms in total. The van der Waals surface area contributed by atoms with Gasteiger partial charge < -0.3 is 15.1 Å². The molecule has 0 fully saturated rings. The zero-order chi connectivity index (χ0) is 7.98. The number of carbonyl (C=O) groups excluding carboxylic acids is 1. The van der Waals surface area contributed by atoms with Crippen molar-refractivity contribution in [3.05, 3.63) is 0 Å². The molecule has 0 spiro atoms. The summed E-state index contributed by atoms with van der Waals surface area (Å²) in [5.41, 5.74) is 0. The van der Waals surface area contributed by atoms with Gasteiger partial charge in [0.1, 0.15) is 0 Å². The third kappa shape index (κ3) is 4.29. The van der Waals surface area contributed by atoms with Gasteiger partial charge in [-0.1, -0.05) is 0 Å². The average Bonchev–Trinajstić information content (AvgIpc) is 1.86. The molecule has 0 aliphatic rings. The van der Waals surface area contributed by atoms with E-state index in [9.17, 15) is 4.79 Å². The Labute approximate surface area is 60.1 Å². The van der Waals surface area contributed by atoms with Gasteiger partial charge in [0.2, 0.25) is 6.41 Å². The third-order valence-corrected chi connectivity index (χ3v) is 1.04. The van der Waals surface area contributed by atoms with Crippen LogP contribution in [-0.4, -0.2) is 47.3 Å². The van der Waals surface area contributed by atoms with Crippen molar-refractivity contribution < 1.29 is 15.0 Å². The molecular weight excluding hydrogens is 134 g/mol. The second kappa shape index (κ2) is 5.20. The highest BCUT2D eigenvalue weighted by molar-refractivity contribution is 5.46. The van der Waals surface area contributed by atoms with Gasteiger partial charge in [0, 0.05) is 13.1 Å². The summed E-state index contributed by atoms with van der Waals surface area (Å²) >= 11 is 0. The Morgan fingerprint density at radius 2 is 2.30 bits per heavy atom. The summed E-state index contributed by atoms with van der Waals surface area (Å²) in [5, 5.41) is 17.2. The summed E-state index contributed by atoms with van der Waals surface area (Å²) in [7, 11) is 0. The Bertz CT molecular complexity index is 95.0. The lowest BCUT2D eigenvalue weighted by Gasteiger charge is -2.16. The van der Waals surface area contributed by atoms with E-state index < -0.39 is 6.10 Å². The number of carbonyl (C=O) groups is 1. The molecule has 0 rings (SSSR count). The molecule has 1 unspecified atom stereocenters. The quantitative estimate of drug-likeness (QED) is 0.481.